The van der Waals surface area contributed by atoms with Crippen LogP contribution in [0.1, 0.15) is 0 Å². The molecule has 0 spiro atoms. The molecule has 25 heavy (non-hydrogen) atoms. The van der Waals surface area contributed by atoms with Crippen molar-refractivity contribution < 1.29 is 0 Å². The fourth-order valence-corrected chi connectivity index (χ4v) is 3.21. The van der Waals surface area contributed by atoms with Crippen LogP contribution < -0.4 is 5.32 Å². The molecule has 122 valence electrons. The van der Waals surface area contributed by atoms with Gasteiger partial charge in [-0.3, -0.25) is 0 Å². The van der Waals surface area contributed by atoms with Crippen LogP contribution in [0.3, 0.4) is 0 Å². The number of halogens is 2. The van der Waals surface area contributed by atoms with Crippen molar-refractivity contribution in [2.75, 3.05) is 5.32 Å². The zero-order valence-electron chi connectivity index (χ0n) is 13.1. The summed E-state index contributed by atoms with van der Waals surface area (Å²) in [4.78, 5) is 9.50. The van der Waals surface area contributed by atoms with Gasteiger partial charge in [0.1, 0.15) is 5.82 Å². The minimum absolute atomic E-state index is 0.704. The summed E-state index contributed by atoms with van der Waals surface area (Å²) in [5.74, 6) is 1.49. The van der Waals surface area contributed by atoms with Gasteiger partial charge in [0.25, 0.3) is 0 Å². The lowest BCUT2D eigenvalue weighted by Crippen LogP contribution is -1.99. The molecule has 5 heteroatoms. The third kappa shape index (κ3) is 3.57. The topological polar surface area (TPSA) is 37.8 Å². The molecule has 3 aromatic carbocycles. The second-order valence-electron chi connectivity index (χ2n) is 5.56. The number of anilines is 2. The molecule has 0 saturated heterocycles. The summed E-state index contributed by atoms with van der Waals surface area (Å²) in [6.45, 7) is 0. The van der Waals surface area contributed by atoms with Crippen molar-refractivity contribution >= 4 is 54.3 Å². The van der Waals surface area contributed by atoms with Gasteiger partial charge in [-0.15, -0.1) is 0 Å². The molecular weight excluding hydrogens is 442 g/mol. The molecule has 0 bridgehead atoms. The van der Waals surface area contributed by atoms with E-state index in [9.17, 15) is 0 Å². The molecule has 1 aromatic heterocycles. The molecular formula is C20H13Br2N3. The summed E-state index contributed by atoms with van der Waals surface area (Å²) < 4.78 is 2.04. The highest BCUT2D eigenvalue weighted by Crippen LogP contribution is 2.29. The number of hydrogen-bond donors (Lipinski definition) is 1. The molecule has 0 unspecified atom stereocenters. The largest absolute Gasteiger partial charge is 0.340 e. The van der Waals surface area contributed by atoms with Crippen LogP contribution >= 0.6 is 31.9 Å². The van der Waals surface area contributed by atoms with Crippen LogP contribution in [0, 0.1) is 0 Å². The Balaban J connectivity index is 1.87. The zero-order chi connectivity index (χ0) is 17.2. The van der Waals surface area contributed by atoms with Crippen LogP contribution in [-0.2, 0) is 0 Å². The fraction of sp³-hybridized carbons (Fsp3) is 0. The summed E-state index contributed by atoms with van der Waals surface area (Å²) in [5, 5.41) is 4.39. The van der Waals surface area contributed by atoms with Gasteiger partial charge >= 0.3 is 0 Å². The first-order chi connectivity index (χ1) is 12.2. The molecule has 0 fully saturated rings. The molecule has 4 aromatic rings. The van der Waals surface area contributed by atoms with Gasteiger partial charge in [0.15, 0.2) is 5.82 Å². The van der Waals surface area contributed by atoms with Gasteiger partial charge in [-0.1, -0.05) is 62.2 Å². The minimum atomic E-state index is 0.704. The fourth-order valence-electron chi connectivity index (χ4n) is 2.58. The molecule has 0 radical (unpaired) electrons. The average Bonchev–Trinajstić information content (AvgIpc) is 2.64. The van der Waals surface area contributed by atoms with Crippen LogP contribution in [-0.4, -0.2) is 9.97 Å². The van der Waals surface area contributed by atoms with Gasteiger partial charge in [-0.05, 0) is 42.5 Å². The summed E-state index contributed by atoms with van der Waals surface area (Å²) >= 11 is 7.00. The third-order valence-electron chi connectivity index (χ3n) is 3.80. The lowest BCUT2D eigenvalue weighted by atomic mass is 10.2. The van der Waals surface area contributed by atoms with E-state index in [0.717, 1.165) is 36.9 Å². The Kier molecular flexibility index (Phi) is 4.51. The first kappa shape index (κ1) is 16.2. The van der Waals surface area contributed by atoms with E-state index in [0.29, 0.717) is 5.82 Å². The Bertz CT molecular complexity index is 1030. The van der Waals surface area contributed by atoms with Gasteiger partial charge < -0.3 is 5.32 Å². The maximum absolute atomic E-state index is 4.78. The van der Waals surface area contributed by atoms with E-state index in [1.807, 2.05) is 72.8 Å². The maximum atomic E-state index is 4.78. The Labute approximate surface area is 162 Å². The highest BCUT2D eigenvalue weighted by molar-refractivity contribution is 9.10. The van der Waals surface area contributed by atoms with Crippen LogP contribution in [0.15, 0.2) is 81.7 Å². The number of aromatic nitrogens is 2. The monoisotopic (exact) mass is 453 g/mol. The van der Waals surface area contributed by atoms with Crippen LogP contribution in [0.4, 0.5) is 11.5 Å². The third-order valence-corrected chi connectivity index (χ3v) is 4.82. The highest BCUT2D eigenvalue weighted by atomic mass is 79.9. The van der Waals surface area contributed by atoms with Crippen molar-refractivity contribution in [2.24, 2.45) is 0 Å². The van der Waals surface area contributed by atoms with Crippen molar-refractivity contribution in [3.63, 3.8) is 0 Å². The van der Waals surface area contributed by atoms with Gasteiger partial charge in [-0.25, -0.2) is 9.97 Å². The first-order valence-corrected chi connectivity index (χ1v) is 9.33. The van der Waals surface area contributed by atoms with Gasteiger partial charge in [0, 0.05) is 25.6 Å². The summed E-state index contributed by atoms with van der Waals surface area (Å²) in [6.07, 6.45) is 0. The summed E-state index contributed by atoms with van der Waals surface area (Å²) in [6, 6.07) is 24.1. The molecule has 0 saturated carbocycles. The van der Waals surface area contributed by atoms with E-state index >= 15 is 0 Å². The number of nitrogens with zero attached hydrogens (tertiary/aromatic N) is 2. The predicted molar refractivity (Wildman–Crippen MR) is 110 cm³/mol. The number of nitrogens with one attached hydrogen (secondary N) is 1. The van der Waals surface area contributed by atoms with E-state index in [4.69, 9.17) is 9.97 Å². The summed E-state index contributed by atoms with van der Waals surface area (Å²) in [7, 11) is 0. The van der Waals surface area contributed by atoms with E-state index < -0.39 is 0 Å². The lowest BCUT2D eigenvalue weighted by Gasteiger charge is -2.11. The van der Waals surface area contributed by atoms with Crippen LogP contribution in [0.25, 0.3) is 22.3 Å². The summed E-state index contributed by atoms with van der Waals surface area (Å²) in [5.41, 5.74) is 2.87. The normalized spacial score (nSPS) is 10.8. The molecule has 1 N–H and O–H groups in total. The maximum Gasteiger partial charge on any atom is 0.162 e. The second-order valence-corrected chi connectivity index (χ2v) is 7.39. The molecule has 0 atom stereocenters. The second kappa shape index (κ2) is 6.94. The molecule has 0 aliphatic heterocycles. The highest BCUT2D eigenvalue weighted by Gasteiger charge is 2.10. The van der Waals surface area contributed by atoms with Gasteiger partial charge in [-0.2, -0.15) is 0 Å². The van der Waals surface area contributed by atoms with E-state index in [2.05, 4.69) is 37.2 Å². The van der Waals surface area contributed by atoms with E-state index in [-0.39, 0.29) is 0 Å². The molecule has 0 aliphatic rings. The van der Waals surface area contributed by atoms with Crippen LogP contribution in [0.5, 0.6) is 0 Å². The lowest BCUT2D eigenvalue weighted by molar-refractivity contribution is 1.22. The number of fused-ring (bicyclic) bond motifs is 1. The van der Waals surface area contributed by atoms with E-state index in [1.54, 1.807) is 0 Å². The standard InChI is InChI=1S/C20H13Br2N3/c21-14-6-9-16(10-7-14)23-20-17-12-15(22)8-11-18(17)24-19(25-20)13-4-2-1-3-5-13/h1-12H,(H,23,24,25). The Morgan fingerprint density at radius 3 is 2.20 bits per heavy atom. The molecule has 1 heterocycles. The number of hydrogen-bond acceptors (Lipinski definition) is 3. The molecule has 0 aliphatic carbocycles. The Morgan fingerprint density at radius 2 is 1.44 bits per heavy atom. The Hall–Kier alpha value is -2.24. The molecule has 4 rings (SSSR count). The zero-order valence-corrected chi connectivity index (χ0v) is 16.3. The predicted octanol–water partition coefficient (Wildman–Crippen LogP) is 6.57. The average molecular weight is 455 g/mol. The SMILES string of the molecule is Brc1ccc(Nc2nc(-c3ccccc3)nc3ccc(Br)cc23)cc1. The van der Waals surface area contributed by atoms with E-state index in [1.165, 1.54) is 0 Å². The quantitative estimate of drug-likeness (QED) is 0.380. The first-order valence-electron chi connectivity index (χ1n) is 7.74. The molecule has 3 nitrogen and oxygen atoms in total. The minimum Gasteiger partial charge on any atom is -0.340 e. The van der Waals surface area contributed by atoms with Gasteiger partial charge in [0.05, 0.1) is 5.52 Å². The van der Waals surface area contributed by atoms with Gasteiger partial charge in [0.2, 0.25) is 0 Å². The smallest absolute Gasteiger partial charge is 0.162 e. The molecule has 0 amide bonds. The van der Waals surface area contributed by atoms with Crippen molar-refractivity contribution in [1.29, 1.82) is 0 Å². The van der Waals surface area contributed by atoms with Crippen LogP contribution in [0.2, 0.25) is 0 Å². The number of rotatable bonds is 3. The Morgan fingerprint density at radius 1 is 0.720 bits per heavy atom. The van der Waals surface area contributed by atoms with Crippen molar-refractivity contribution in [1.82, 2.24) is 9.97 Å². The number of benzene rings is 3. The van der Waals surface area contributed by atoms with Crippen molar-refractivity contribution in [3.05, 3.63) is 81.7 Å². The van der Waals surface area contributed by atoms with Crippen molar-refractivity contribution in [3.8, 4) is 11.4 Å². The van der Waals surface area contributed by atoms with Crippen molar-refractivity contribution in [2.45, 2.75) is 0 Å².